The van der Waals surface area contributed by atoms with Gasteiger partial charge in [-0.25, -0.2) is 0 Å². The van der Waals surface area contributed by atoms with Crippen LogP contribution in [0.1, 0.15) is 20.7 Å². The number of carbonyl (C=O) groups is 4. The number of esters is 1. The molecule has 0 spiro atoms. The van der Waals surface area contributed by atoms with Crippen LogP contribution in [0.25, 0.3) is 0 Å². The first-order valence-corrected chi connectivity index (χ1v) is 9.81. The van der Waals surface area contributed by atoms with E-state index in [0.717, 1.165) is 12.1 Å². The molecule has 2 aromatic rings. The topological polar surface area (TPSA) is 138 Å². The average Bonchev–Trinajstić information content (AvgIpc) is 2.84. The van der Waals surface area contributed by atoms with Gasteiger partial charge in [0.25, 0.3) is 17.7 Å². The summed E-state index contributed by atoms with van der Waals surface area (Å²) in [4.78, 5) is 48.1. The maximum atomic E-state index is 12.4. The van der Waals surface area contributed by atoms with E-state index in [-0.39, 0.29) is 34.1 Å². The minimum Gasteiger partial charge on any atom is -0.493 e. The summed E-state index contributed by atoms with van der Waals surface area (Å²) in [7, 11) is 4.16. The molecule has 13 heteroatoms. The smallest absolute Gasteiger partial charge is 0.387 e. The van der Waals surface area contributed by atoms with E-state index in [1.54, 1.807) is 0 Å². The van der Waals surface area contributed by atoms with Gasteiger partial charge in [0.05, 0.1) is 21.3 Å². The molecule has 0 unspecified atom stereocenters. The molecule has 35 heavy (non-hydrogen) atoms. The highest BCUT2D eigenvalue weighted by molar-refractivity contribution is 6.05. The van der Waals surface area contributed by atoms with Gasteiger partial charge in [0.1, 0.15) is 12.3 Å². The van der Waals surface area contributed by atoms with Gasteiger partial charge in [0, 0.05) is 11.1 Å². The molecule has 0 saturated heterocycles. The van der Waals surface area contributed by atoms with Gasteiger partial charge in [-0.3, -0.25) is 24.5 Å². The molecule has 0 bridgehead atoms. The monoisotopic (exact) mass is 496 g/mol. The van der Waals surface area contributed by atoms with Crippen LogP contribution in [0.15, 0.2) is 36.4 Å². The lowest BCUT2D eigenvalue weighted by atomic mass is 10.1. The maximum absolute atomic E-state index is 12.4. The number of amides is 3. The molecule has 11 nitrogen and oxygen atoms in total. The molecule has 2 aromatic carbocycles. The molecular formula is C22H22F2N2O9. The number of ether oxygens (including phenoxy) is 5. The minimum atomic E-state index is -3.02. The summed E-state index contributed by atoms with van der Waals surface area (Å²) in [6, 6.07) is 7.36. The van der Waals surface area contributed by atoms with Crippen molar-refractivity contribution in [1.29, 1.82) is 0 Å². The number of hydrogen-bond donors (Lipinski definition) is 2. The molecule has 3 amide bonds. The number of benzene rings is 2. The minimum absolute atomic E-state index is 0.0103. The molecule has 0 aromatic heterocycles. The van der Waals surface area contributed by atoms with Crippen molar-refractivity contribution < 1.29 is 51.6 Å². The first-order valence-electron chi connectivity index (χ1n) is 9.81. The maximum Gasteiger partial charge on any atom is 0.387 e. The number of carbonyl (C=O) groups excluding carboxylic acids is 4. The highest BCUT2D eigenvalue weighted by Gasteiger charge is 2.18. The second-order valence-electron chi connectivity index (χ2n) is 6.54. The van der Waals surface area contributed by atoms with Crippen molar-refractivity contribution in [3.63, 3.8) is 0 Å². The zero-order chi connectivity index (χ0) is 26.0. The van der Waals surface area contributed by atoms with E-state index in [9.17, 15) is 28.0 Å². The quantitative estimate of drug-likeness (QED) is 0.444. The summed E-state index contributed by atoms with van der Waals surface area (Å²) in [5.74, 6) is -2.79. The molecule has 2 N–H and O–H groups in total. The zero-order valence-corrected chi connectivity index (χ0v) is 18.9. The van der Waals surface area contributed by atoms with Gasteiger partial charge < -0.3 is 29.0 Å². The van der Waals surface area contributed by atoms with E-state index >= 15 is 0 Å². The normalized spacial score (nSPS) is 10.2. The highest BCUT2D eigenvalue weighted by Crippen LogP contribution is 2.38. The van der Waals surface area contributed by atoms with E-state index < -0.39 is 43.5 Å². The summed E-state index contributed by atoms with van der Waals surface area (Å²) in [6.07, 6.45) is 0. The molecule has 0 aliphatic heterocycles. The van der Waals surface area contributed by atoms with Crippen LogP contribution in [-0.2, 0) is 14.3 Å². The standard InChI is InChI=1S/C22H22F2N2O9/c1-31-15-8-13(9-16(32-2)19(15)33-3)20(29)25-10-18(28)34-11-17(27)26-21(30)12-4-6-14(7-5-12)35-22(23)24/h4-9,22H,10-11H2,1-3H3,(H,25,29)(H,26,27,30). The van der Waals surface area contributed by atoms with Gasteiger partial charge in [0.2, 0.25) is 5.75 Å². The lowest BCUT2D eigenvalue weighted by Crippen LogP contribution is -2.36. The first-order chi connectivity index (χ1) is 16.7. The van der Waals surface area contributed by atoms with Crippen LogP contribution in [0.4, 0.5) is 8.78 Å². The van der Waals surface area contributed by atoms with Crippen molar-refractivity contribution in [2.75, 3.05) is 34.5 Å². The van der Waals surface area contributed by atoms with Crippen LogP contribution in [0.2, 0.25) is 0 Å². The van der Waals surface area contributed by atoms with Gasteiger partial charge in [-0.05, 0) is 36.4 Å². The van der Waals surface area contributed by atoms with Gasteiger partial charge >= 0.3 is 12.6 Å². The third kappa shape index (κ3) is 7.84. The largest absolute Gasteiger partial charge is 0.493 e. The fourth-order valence-corrected chi connectivity index (χ4v) is 2.69. The van der Waals surface area contributed by atoms with Crippen LogP contribution in [0, 0.1) is 0 Å². The summed E-state index contributed by atoms with van der Waals surface area (Å²) in [5.41, 5.74) is 0.101. The Morgan fingerprint density at radius 2 is 1.46 bits per heavy atom. The SMILES string of the molecule is COc1cc(C(=O)NCC(=O)OCC(=O)NC(=O)c2ccc(OC(F)F)cc2)cc(OC)c1OC. The second-order valence-corrected chi connectivity index (χ2v) is 6.54. The second kappa shape index (κ2) is 12.7. The zero-order valence-electron chi connectivity index (χ0n) is 18.9. The van der Waals surface area contributed by atoms with Crippen molar-refractivity contribution in [2.24, 2.45) is 0 Å². The number of alkyl halides is 2. The molecule has 0 radical (unpaired) electrons. The molecule has 2 rings (SSSR count). The third-order valence-corrected chi connectivity index (χ3v) is 4.28. The molecular weight excluding hydrogens is 474 g/mol. The van der Waals surface area contributed by atoms with Crippen LogP contribution < -0.4 is 29.6 Å². The van der Waals surface area contributed by atoms with Crippen LogP contribution in [-0.4, -0.2) is 64.8 Å². The summed E-state index contributed by atoms with van der Waals surface area (Å²) >= 11 is 0. The lowest BCUT2D eigenvalue weighted by molar-refractivity contribution is -0.147. The van der Waals surface area contributed by atoms with Gasteiger partial charge in [-0.1, -0.05) is 0 Å². The van der Waals surface area contributed by atoms with Crippen LogP contribution in [0.3, 0.4) is 0 Å². The molecule has 0 saturated carbocycles. The molecule has 0 atom stereocenters. The Hall–Kier alpha value is -4.42. The Morgan fingerprint density at radius 3 is 1.97 bits per heavy atom. The summed E-state index contributed by atoms with van der Waals surface area (Å²) in [6.45, 7) is -4.38. The van der Waals surface area contributed by atoms with Crippen molar-refractivity contribution in [3.05, 3.63) is 47.5 Å². The van der Waals surface area contributed by atoms with Crippen molar-refractivity contribution in [3.8, 4) is 23.0 Å². The lowest BCUT2D eigenvalue weighted by Gasteiger charge is -2.14. The molecule has 0 heterocycles. The predicted octanol–water partition coefficient (Wildman–Crippen LogP) is 1.54. The molecule has 0 aliphatic rings. The highest BCUT2D eigenvalue weighted by atomic mass is 19.3. The number of methoxy groups -OCH3 is 3. The fourth-order valence-electron chi connectivity index (χ4n) is 2.69. The Balaban J connectivity index is 1.83. The fraction of sp³-hybridized carbons (Fsp3) is 0.273. The van der Waals surface area contributed by atoms with Crippen molar-refractivity contribution in [1.82, 2.24) is 10.6 Å². The number of halogens is 2. The molecule has 0 aliphatic carbocycles. The van der Waals surface area contributed by atoms with Gasteiger partial charge in [0.15, 0.2) is 18.1 Å². The van der Waals surface area contributed by atoms with E-state index in [1.807, 2.05) is 5.32 Å². The summed E-state index contributed by atoms with van der Waals surface area (Å²) < 4.78 is 48.7. The molecule has 0 fully saturated rings. The van der Waals surface area contributed by atoms with E-state index in [4.69, 9.17) is 18.9 Å². The average molecular weight is 496 g/mol. The third-order valence-electron chi connectivity index (χ3n) is 4.28. The van der Waals surface area contributed by atoms with Gasteiger partial charge in [-0.2, -0.15) is 8.78 Å². The Kier molecular flexibility index (Phi) is 9.75. The Labute approximate surface area is 198 Å². The van der Waals surface area contributed by atoms with Crippen LogP contribution >= 0.6 is 0 Å². The van der Waals surface area contributed by atoms with Crippen molar-refractivity contribution in [2.45, 2.75) is 6.61 Å². The Bertz CT molecular complexity index is 1050. The van der Waals surface area contributed by atoms with E-state index in [2.05, 4.69) is 10.1 Å². The number of imide groups is 1. The van der Waals surface area contributed by atoms with Crippen LogP contribution in [0.5, 0.6) is 23.0 Å². The van der Waals surface area contributed by atoms with E-state index in [1.165, 1.54) is 45.6 Å². The number of hydrogen-bond acceptors (Lipinski definition) is 9. The van der Waals surface area contributed by atoms with Crippen molar-refractivity contribution >= 4 is 23.7 Å². The number of nitrogens with one attached hydrogen (secondary N) is 2. The Morgan fingerprint density at radius 1 is 0.857 bits per heavy atom. The molecule has 188 valence electrons. The van der Waals surface area contributed by atoms with E-state index in [0.29, 0.717) is 0 Å². The summed E-state index contributed by atoms with van der Waals surface area (Å²) in [5, 5.41) is 4.29. The van der Waals surface area contributed by atoms with Gasteiger partial charge in [-0.15, -0.1) is 0 Å². The number of rotatable bonds is 11. The predicted molar refractivity (Wildman–Crippen MR) is 115 cm³/mol. The first kappa shape index (κ1) is 26.8.